The molecule has 0 saturated heterocycles. The number of hydrogen-bond donors (Lipinski definition) is 0. The van der Waals surface area contributed by atoms with Crippen LogP contribution in [0.1, 0.15) is 31.9 Å². The van der Waals surface area contributed by atoms with E-state index in [1.807, 2.05) is 12.1 Å². The maximum absolute atomic E-state index is 13.7. The van der Waals surface area contributed by atoms with E-state index < -0.39 is 17.1 Å². The van der Waals surface area contributed by atoms with E-state index in [1.165, 1.54) is 35.1 Å². The van der Waals surface area contributed by atoms with Gasteiger partial charge < -0.3 is 0 Å². The summed E-state index contributed by atoms with van der Waals surface area (Å²) in [7, 11) is 0. The molecule has 148 valence electrons. The molecule has 0 unspecified atom stereocenters. The second kappa shape index (κ2) is 7.12. The Morgan fingerprint density at radius 2 is 1.72 bits per heavy atom. The van der Waals surface area contributed by atoms with Crippen molar-refractivity contribution in [1.82, 2.24) is 9.13 Å². The van der Waals surface area contributed by atoms with Crippen LogP contribution in [0.15, 0.2) is 69.6 Å². The zero-order chi connectivity index (χ0) is 20.8. The fourth-order valence-electron chi connectivity index (χ4n) is 3.38. The van der Waals surface area contributed by atoms with Gasteiger partial charge in [-0.2, -0.15) is 0 Å². The number of halogens is 1. The van der Waals surface area contributed by atoms with E-state index in [2.05, 4.69) is 32.9 Å². The Morgan fingerprint density at radius 1 is 1.00 bits per heavy atom. The molecule has 0 aliphatic rings. The second-order valence-electron chi connectivity index (χ2n) is 8.07. The molecule has 2 aromatic carbocycles. The summed E-state index contributed by atoms with van der Waals surface area (Å²) < 4.78 is 16.8. The van der Waals surface area contributed by atoms with Crippen molar-refractivity contribution in [3.63, 3.8) is 0 Å². The van der Waals surface area contributed by atoms with Crippen LogP contribution in [-0.2, 0) is 12.0 Å². The molecule has 0 saturated carbocycles. The minimum Gasteiger partial charge on any atom is -0.288 e. The number of hydrogen-bond acceptors (Lipinski definition) is 3. The fraction of sp³-hybridized carbons (Fsp3) is 0.217. The maximum atomic E-state index is 13.7. The standard InChI is InChI=1S/C23H21FN2O2S/c1-23(2,3)16-9-7-15(8-10-16)14-25-19-11-12-29-20(19)21(27)26(22(25)28)18-6-4-5-17(24)13-18/h4-13H,14H2,1-3H3. The van der Waals surface area contributed by atoms with Gasteiger partial charge >= 0.3 is 5.69 Å². The SMILES string of the molecule is CC(C)(C)c1ccc(Cn2c(=O)n(-c3cccc(F)c3)c(=O)c3sccc32)cc1. The van der Waals surface area contributed by atoms with Gasteiger partial charge in [-0.15, -0.1) is 11.3 Å². The smallest absolute Gasteiger partial charge is 0.288 e. The third-order valence-corrected chi connectivity index (χ3v) is 5.87. The Kier molecular flexibility index (Phi) is 4.74. The van der Waals surface area contributed by atoms with E-state index in [1.54, 1.807) is 22.1 Å². The van der Waals surface area contributed by atoms with Crippen molar-refractivity contribution in [2.24, 2.45) is 0 Å². The van der Waals surface area contributed by atoms with Crippen molar-refractivity contribution in [1.29, 1.82) is 0 Å². The molecular formula is C23H21FN2O2S. The summed E-state index contributed by atoms with van der Waals surface area (Å²) in [5.41, 5.74) is 2.12. The summed E-state index contributed by atoms with van der Waals surface area (Å²) in [5.74, 6) is -0.496. The number of benzene rings is 2. The summed E-state index contributed by atoms with van der Waals surface area (Å²) in [4.78, 5) is 26.2. The first kappa shape index (κ1) is 19.3. The van der Waals surface area contributed by atoms with Gasteiger partial charge in [0.05, 0.1) is 17.7 Å². The molecule has 2 aromatic heterocycles. The summed E-state index contributed by atoms with van der Waals surface area (Å²) in [6.45, 7) is 6.77. The fourth-order valence-corrected chi connectivity index (χ4v) is 4.20. The van der Waals surface area contributed by atoms with Crippen LogP contribution in [0, 0.1) is 5.82 Å². The molecule has 0 spiro atoms. The average Bonchev–Trinajstić information content (AvgIpc) is 3.15. The second-order valence-corrected chi connectivity index (χ2v) is 8.99. The van der Waals surface area contributed by atoms with E-state index >= 15 is 0 Å². The summed E-state index contributed by atoms with van der Waals surface area (Å²) in [6.07, 6.45) is 0. The lowest BCUT2D eigenvalue weighted by Crippen LogP contribution is -2.38. The van der Waals surface area contributed by atoms with Crippen molar-refractivity contribution >= 4 is 21.6 Å². The lowest BCUT2D eigenvalue weighted by molar-refractivity contribution is 0.589. The average molecular weight is 408 g/mol. The molecule has 0 aliphatic carbocycles. The van der Waals surface area contributed by atoms with Crippen LogP contribution in [0.25, 0.3) is 15.9 Å². The van der Waals surface area contributed by atoms with E-state index in [4.69, 9.17) is 0 Å². The zero-order valence-corrected chi connectivity index (χ0v) is 17.3. The Bertz CT molecular complexity index is 1310. The van der Waals surface area contributed by atoms with Crippen molar-refractivity contribution in [2.45, 2.75) is 32.7 Å². The molecule has 0 amide bonds. The van der Waals surface area contributed by atoms with E-state index in [0.29, 0.717) is 16.8 Å². The maximum Gasteiger partial charge on any atom is 0.336 e. The van der Waals surface area contributed by atoms with E-state index in [0.717, 1.165) is 10.1 Å². The molecule has 0 fully saturated rings. The minimum atomic E-state index is -0.496. The Labute approximate surface area is 171 Å². The molecule has 0 radical (unpaired) electrons. The van der Waals surface area contributed by atoms with Gasteiger partial charge in [0.1, 0.15) is 10.5 Å². The summed E-state index contributed by atoms with van der Waals surface area (Å²) >= 11 is 1.28. The van der Waals surface area contributed by atoms with Crippen molar-refractivity contribution in [2.75, 3.05) is 0 Å². The molecular weight excluding hydrogens is 387 g/mol. The molecule has 0 atom stereocenters. The Morgan fingerprint density at radius 3 is 2.38 bits per heavy atom. The lowest BCUT2D eigenvalue weighted by atomic mass is 9.87. The molecule has 4 aromatic rings. The predicted octanol–water partition coefficient (Wildman–Crippen LogP) is 4.70. The normalized spacial score (nSPS) is 11.9. The van der Waals surface area contributed by atoms with Gasteiger partial charge in [0, 0.05) is 0 Å². The quantitative estimate of drug-likeness (QED) is 0.493. The summed E-state index contributed by atoms with van der Waals surface area (Å²) in [6, 6.07) is 15.5. The highest BCUT2D eigenvalue weighted by Gasteiger charge is 2.17. The number of rotatable bonds is 3. The Hall–Kier alpha value is -2.99. The van der Waals surface area contributed by atoms with Crippen LogP contribution in [-0.4, -0.2) is 9.13 Å². The molecule has 2 heterocycles. The molecule has 4 nitrogen and oxygen atoms in total. The molecule has 29 heavy (non-hydrogen) atoms. The van der Waals surface area contributed by atoms with Crippen LogP contribution >= 0.6 is 11.3 Å². The van der Waals surface area contributed by atoms with Gasteiger partial charge in [0.25, 0.3) is 5.56 Å². The van der Waals surface area contributed by atoms with Crippen LogP contribution in [0.5, 0.6) is 0 Å². The topological polar surface area (TPSA) is 44.0 Å². The van der Waals surface area contributed by atoms with Crippen LogP contribution in [0.2, 0.25) is 0 Å². The Balaban J connectivity index is 1.88. The number of thiophene rings is 1. The highest BCUT2D eigenvalue weighted by Crippen LogP contribution is 2.23. The molecule has 6 heteroatoms. The van der Waals surface area contributed by atoms with Gasteiger partial charge in [-0.1, -0.05) is 51.1 Å². The zero-order valence-electron chi connectivity index (χ0n) is 16.5. The van der Waals surface area contributed by atoms with Gasteiger partial charge in [0.2, 0.25) is 0 Å². The largest absolute Gasteiger partial charge is 0.336 e. The van der Waals surface area contributed by atoms with Crippen molar-refractivity contribution in [3.05, 3.63) is 97.8 Å². The van der Waals surface area contributed by atoms with E-state index in [9.17, 15) is 14.0 Å². The van der Waals surface area contributed by atoms with Gasteiger partial charge in [-0.25, -0.2) is 13.8 Å². The first-order valence-corrected chi connectivity index (χ1v) is 10.2. The predicted molar refractivity (Wildman–Crippen MR) is 116 cm³/mol. The van der Waals surface area contributed by atoms with Gasteiger partial charge in [-0.3, -0.25) is 9.36 Å². The molecule has 0 N–H and O–H groups in total. The van der Waals surface area contributed by atoms with Gasteiger partial charge in [-0.05, 0) is 46.2 Å². The third-order valence-electron chi connectivity index (χ3n) is 4.98. The highest BCUT2D eigenvalue weighted by atomic mass is 32.1. The van der Waals surface area contributed by atoms with Crippen molar-refractivity contribution in [3.8, 4) is 5.69 Å². The number of aromatic nitrogens is 2. The van der Waals surface area contributed by atoms with E-state index in [-0.39, 0.29) is 11.1 Å². The van der Waals surface area contributed by atoms with Crippen LogP contribution in [0.3, 0.4) is 0 Å². The van der Waals surface area contributed by atoms with Crippen molar-refractivity contribution < 1.29 is 4.39 Å². The monoisotopic (exact) mass is 408 g/mol. The van der Waals surface area contributed by atoms with Gasteiger partial charge in [0.15, 0.2) is 0 Å². The molecule has 0 bridgehead atoms. The number of fused-ring (bicyclic) bond motifs is 1. The third kappa shape index (κ3) is 3.56. The first-order valence-electron chi connectivity index (χ1n) is 9.34. The number of nitrogens with zero attached hydrogens (tertiary/aromatic N) is 2. The summed E-state index contributed by atoms with van der Waals surface area (Å²) in [5, 5.41) is 1.79. The lowest BCUT2D eigenvalue weighted by Gasteiger charge is -2.19. The first-order chi connectivity index (χ1) is 13.8. The molecule has 0 aliphatic heterocycles. The van der Waals surface area contributed by atoms with Crippen LogP contribution < -0.4 is 11.2 Å². The highest BCUT2D eigenvalue weighted by molar-refractivity contribution is 7.17. The molecule has 4 rings (SSSR count). The minimum absolute atomic E-state index is 0.0423. The van der Waals surface area contributed by atoms with Crippen LogP contribution in [0.4, 0.5) is 4.39 Å².